The highest BCUT2D eigenvalue weighted by Gasteiger charge is 2.36. The van der Waals surface area contributed by atoms with Crippen LogP contribution in [0.5, 0.6) is 0 Å². The van der Waals surface area contributed by atoms with E-state index in [-0.39, 0.29) is 17.0 Å². The number of sulfone groups is 1. The van der Waals surface area contributed by atoms with Crippen molar-refractivity contribution in [1.82, 2.24) is 5.16 Å². The lowest BCUT2D eigenvalue weighted by Gasteiger charge is -2.11. The van der Waals surface area contributed by atoms with Gasteiger partial charge in [0.15, 0.2) is 21.4 Å². The number of alkyl halides is 3. The van der Waals surface area contributed by atoms with E-state index in [1.54, 1.807) is 0 Å². The Morgan fingerprint density at radius 2 is 1.82 bits per heavy atom. The number of aromatic nitrogens is 1. The van der Waals surface area contributed by atoms with Crippen molar-refractivity contribution >= 4 is 15.6 Å². The maximum absolute atomic E-state index is 12.8. The Balaban J connectivity index is 0.000000640. The molecule has 6 nitrogen and oxygen atoms in total. The fourth-order valence-corrected chi connectivity index (χ4v) is 3.30. The van der Waals surface area contributed by atoms with Crippen molar-refractivity contribution in [3.8, 4) is 0 Å². The molecule has 28 heavy (non-hydrogen) atoms. The lowest BCUT2D eigenvalue weighted by atomic mass is 10.0. The summed E-state index contributed by atoms with van der Waals surface area (Å²) in [5.74, 6) is -0.325. The van der Waals surface area contributed by atoms with Crippen molar-refractivity contribution in [3.05, 3.63) is 46.8 Å². The molecule has 0 spiro atoms. The standard InChI is InChI=1S/C15H12F3NO4S.C3H9N/c1-24(21,22)12-6-9(15(16,17)18)4-5-10(12)13(20)11-7-19-23-14(11)8-2-3-8;1-3(2)4/h4-8H,2-3H2,1H3;3H,4H2,1-2H3. The van der Waals surface area contributed by atoms with Crippen molar-refractivity contribution < 1.29 is 30.9 Å². The molecule has 0 atom stereocenters. The molecule has 3 rings (SSSR count). The number of benzene rings is 1. The molecule has 1 aromatic heterocycles. The van der Waals surface area contributed by atoms with Gasteiger partial charge in [0.25, 0.3) is 0 Å². The van der Waals surface area contributed by atoms with Gasteiger partial charge in [0.1, 0.15) is 0 Å². The number of ketones is 1. The zero-order valence-corrected chi connectivity index (χ0v) is 16.4. The van der Waals surface area contributed by atoms with Crippen molar-refractivity contribution in [2.24, 2.45) is 5.73 Å². The van der Waals surface area contributed by atoms with Crippen LogP contribution in [0.1, 0.15) is 59.9 Å². The molecule has 154 valence electrons. The number of carbonyl (C=O) groups excluding carboxylic acids is 1. The third-order valence-electron chi connectivity index (χ3n) is 3.74. The number of hydrogen-bond acceptors (Lipinski definition) is 6. The third-order valence-corrected chi connectivity index (χ3v) is 4.88. The SMILES string of the molecule is CC(C)N.CS(=O)(=O)c1cc(C(F)(F)F)ccc1C(=O)c1cnoc1C1CC1. The van der Waals surface area contributed by atoms with Crippen LogP contribution in [0.25, 0.3) is 0 Å². The summed E-state index contributed by atoms with van der Waals surface area (Å²) in [6.45, 7) is 3.89. The highest BCUT2D eigenvalue weighted by Crippen LogP contribution is 2.42. The highest BCUT2D eigenvalue weighted by atomic mass is 32.2. The minimum Gasteiger partial charge on any atom is -0.360 e. The molecular formula is C18H21F3N2O4S. The van der Waals surface area contributed by atoms with Gasteiger partial charge in [0.05, 0.1) is 22.2 Å². The van der Waals surface area contributed by atoms with Crippen LogP contribution >= 0.6 is 0 Å². The van der Waals surface area contributed by atoms with Gasteiger partial charge in [-0.05, 0) is 37.1 Å². The maximum atomic E-state index is 12.8. The lowest BCUT2D eigenvalue weighted by Crippen LogP contribution is -2.13. The van der Waals surface area contributed by atoms with E-state index in [2.05, 4.69) is 5.16 Å². The summed E-state index contributed by atoms with van der Waals surface area (Å²) in [5.41, 5.74) is 3.74. The van der Waals surface area contributed by atoms with Crippen LogP contribution in [-0.2, 0) is 16.0 Å². The molecule has 10 heteroatoms. The molecule has 0 radical (unpaired) electrons. The Kier molecular flexibility index (Phi) is 6.34. The monoisotopic (exact) mass is 418 g/mol. The van der Waals surface area contributed by atoms with Gasteiger partial charge in [-0.25, -0.2) is 8.42 Å². The number of hydrogen-bond donors (Lipinski definition) is 1. The van der Waals surface area contributed by atoms with Gasteiger partial charge in [0, 0.05) is 17.7 Å². The number of halogens is 3. The second kappa shape index (κ2) is 8.04. The largest absolute Gasteiger partial charge is 0.416 e. The molecule has 1 fully saturated rings. The second-order valence-corrected chi connectivity index (χ2v) is 8.92. The van der Waals surface area contributed by atoms with Gasteiger partial charge in [-0.2, -0.15) is 13.2 Å². The molecular weight excluding hydrogens is 397 g/mol. The Hall–Kier alpha value is -2.20. The number of nitrogens with zero attached hydrogens (tertiary/aromatic N) is 1. The average Bonchev–Trinajstić information content (AvgIpc) is 3.28. The summed E-state index contributed by atoms with van der Waals surface area (Å²) in [4.78, 5) is 12.0. The van der Waals surface area contributed by atoms with Gasteiger partial charge >= 0.3 is 6.18 Å². The summed E-state index contributed by atoms with van der Waals surface area (Å²) in [6, 6.07) is 2.38. The molecule has 0 amide bonds. The Morgan fingerprint density at radius 1 is 1.25 bits per heavy atom. The normalized spacial score (nSPS) is 14.6. The van der Waals surface area contributed by atoms with Crippen LogP contribution < -0.4 is 5.73 Å². The van der Waals surface area contributed by atoms with Crippen LogP contribution in [-0.4, -0.2) is 31.7 Å². The molecule has 1 saturated carbocycles. The van der Waals surface area contributed by atoms with Gasteiger partial charge in [-0.1, -0.05) is 19.0 Å². The highest BCUT2D eigenvalue weighted by molar-refractivity contribution is 7.90. The van der Waals surface area contributed by atoms with E-state index < -0.39 is 32.3 Å². The van der Waals surface area contributed by atoms with E-state index in [4.69, 9.17) is 10.3 Å². The summed E-state index contributed by atoms with van der Waals surface area (Å²) in [7, 11) is -4.04. The summed E-state index contributed by atoms with van der Waals surface area (Å²) in [5, 5.41) is 3.55. The fraction of sp³-hybridized carbons (Fsp3) is 0.444. The Labute approximate surface area is 160 Å². The first-order chi connectivity index (χ1) is 12.8. The van der Waals surface area contributed by atoms with Gasteiger partial charge in [-0.3, -0.25) is 4.79 Å². The fourth-order valence-electron chi connectivity index (χ4n) is 2.40. The van der Waals surface area contributed by atoms with Crippen molar-refractivity contribution in [1.29, 1.82) is 0 Å². The maximum Gasteiger partial charge on any atom is 0.416 e. The summed E-state index contributed by atoms with van der Waals surface area (Å²) >= 11 is 0. The number of carbonyl (C=O) groups is 1. The van der Waals surface area contributed by atoms with E-state index in [9.17, 15) is 26.4 Å². The quantitative estimate of drug-likeness (QED) is 0.762. The van der Waals surface area contributed by atoms with Crippen LogP contribution in [0, 0.1) is 0 Å². The third kappa shape index (κ3) is 5.41. The molecule has 0 bridgehead atoms. The predicted octanol–water partition coefficient (Wildman–Crippen LogP) is 3.56. The summed E-state index contributed by atoms with van der Waals surface area (Å²) < 4.78 is 67.3. The van der Waals surface area contributed by atoms with E-state index in [1.807, 2.05) is 13.8 Å². The first-order valence-electron chi connectivity index (χ1n) is 8.48. The van der Waals surface area contributed by atoms with Crippen molar-refractivity contribution in [3.63, 3.8) is 0 Å². The second-order valence-electron chi connectivity index (χ2n) is 6.93. The van der Waals surface area contributed by atoms with Crippen LogP contribution in [0.2, 0.25) is 0 Å². The van der Waals surface area contributed by atoms with E-state index in [0.717, 1.165) is 25.2 Å². The molecule has 2 N–H and O–H groups in total. The smallest absolute Gasteiger partial charge is 0.360 e. The molecule has 0 saturated heterocycles. The van der Waals surface area contributed by atoms with E-state index >= 15 is 0 Å². The minimum atomic E-state index is -4.71. The molecule has 0 aliphatic heterocycles. The van der Waals surface area contributed by atoms with Crippen molar-refractivity contribution in [2.45, 2.75) is 49.7 Å². The molecule has 2 aromatic rings. The van der Waals surface area contributed by atoms with Crippen molar-refractivity contribution in [2.75, 3.05) is 6.26 Å². The van der Waals surface area contributed by atoms with Gasteiger partial charge < -0.3 is 10.3 Å². The molecule has 1 aromatic carbocycles. The zero-order chi connectivity index (χ0) is 21.3. The van der Waals surface area contributed by atoms with Crippen LogP contribution in [0.3, 0.4) is 0 Å². The van der Waals surface area contributed by atoms with Gasteiger partial charge in [-0.15, -0.1) is 0 Å². The van der Waals surface area contributed by atoms with E-state index in [1.165, 1.54) is 6.20 Å². The van der Waals surface area contributed by atoms with Crippen LogP contribution in [0.4, 0.5) is 13.2 Å². The summed E-state index contributed by atoms with van der Waals surface area (Å²) in [6.07, 6.45) is -1.14. The van der Waals surface area contributed by atoms with E-state index in [0.29, 0.717) is 23.9 Å². The predicted molar refractivity (Wildman–Crippen MR) is 95.8 cm³/mol. The zero-order valence-electron chi connectivity index (χ0n) is 15.6. The first kappa shape index (κ1) is 22.1. The molecule has 1 heterocycles. The minimum absolute atomic E-state index is 0.0441. The molecule has 0 unspecified atom stereocenters. The first-order valence-corrected chi connectivity index (χ1v) is 10.4. The Morgan fingerprint density at radius 3 is 2.29 bits per heavy atom. The average molecular weight is 418 g/mol. The number of nitrogens with two attached hydrogens (primary N) is 1. The number of rotatable bonds is 4. The van der Waals surface area contributed by atoms with Gasteiger partial charge in [0.2, 0.25) is 0 Å². The topological polar surface area (TPSA) is 103 Å². The molecule has 1 aliphatic rings. The Bertz CT molecular complexity index is 959. The van der Waals surface area contributed by atoms with Crippen LogP contribution in [0.15, 0.2) is 33.8 Å². The lowest BCUT2D eigenvalue weighted by molar-refractivity contribution is -0.137. The molecule has 1 aliphatic carbocycles.